The van der Waals surface area contributed by atoms with Crippen LogP contribution in [0.15, 0.2) is 0 Å². The van der Waals surface area contributed by atoms with Crippen LogP contribution < -0.4 is 0 Å². The highest BCUT2D eigenvalue weighted by atomic mass is 127. The van der Waals surface area contributed by atoms with Crippen LogP contribution in [0.25, 0.3) is 0 Å². The first-order chi connectivity index (χ1) is 10.9. The molecule has 25 heavy (non-hydrogen) atoms. The van der Waals surface area contributed by atoms with E-state index in [2.05, 4.69) is 9.47 Å². The minimum absolute atomic E-state index is 0.0603. The Morgan fingerprint density at radius 1 is 1.20 bits per heavy atom. The second kappa shape index (κ2) is 6.32. The second-order valence-electron chi connectivity index (χ2n) is 5.71. The van der Waals surface area contributed by atoms with Crippen LogP contribution in [0.5, 0.6) is 0 Å². The fourth-order valence-corrected chi connectivity index (χ4v) is 2.11. The van der Waals surface area contributed by atoms with Gasteiger partial charge in [0.15, 0.2) is 5.41 Å². The Hall–Kier alpha value is -0.440. The average molecular weight is 500 g/mol. The van der Waals surface area contributed by atoms with Crippen molar-refractivity contribution in [3.8, 4) is 0 Å². The van der Waals surface area contributed by atoms with Crippen molar-refractivity contribution in [3.05, 3.63) is 0 Å². The fraction of sp³-hybridized carbons (Fsp3) is 0.917. The predicted octanol–water partition coefficient (Wildman–Crippen LogP) is 3.60. The van der Waals surface area contributed by atoms with E-state index in [0.717, 1.165) is 0 Å². The van der Waals surface area contributed by atoms with Crippen LogP contribution in [0.2, 0.25) is 0 Å². The Morgan fingerprint density at radius 3 is 2.00 bits per heavy atom. The number of alkyl halides is 9. The molecule has 13 heteroatoms. The van der Waals surface area contributed by atoms with Crippen molar-refractivity contribution in [2.45, 2.75) is 47.8 Å². The van der Waals surface area contributed by atoms with Crippen LogP contribution in [0.3, 0.4) is 0 Å². The summed E-state index contributed by atoms with van der Waals surface area (Å²) in [5.41, 5.74) is -4.56. The van der Waals surface area contributed by atoms with E-state index in [-0.39, 0.29) is 6.42 Å². The van der Waals surface area contributed by atoms with Gasteiger partial charge in [0.1, 0.15) is 10.0 Å². The molecule has 0 aromatic rings. The Kier molecular flexibility index (Phi) is 5.71. The van der Waals surface area contributed by atoms with Crippen molar-refractivity contribution in [2.24, 2.45) is 5.41 Å². The van der Waals surface area contributed by atoms with Crippen molar-refractivity contribution in [3.63, 3.8) is 0 Å². The third-order valence-electron chi connectivity index (χ3n) is 4.02. The minimum Gasteiger partial charge on any atom is -0.463 e. The minimum atomic E-state index is -6.21. The summed E-state index contributed by atoms with van der Waals surface area (Å²) >= 11 is 1.50. The number of aliphatic hydroxyl groups is 1. The lowest BCUT2D eigenvalue weighted by Crippen LogP contribution is -2.65. The molecular weight excluding hydrogens is 487 g/mol. The maximum absolute atomic E-state index is 14.1. The first-order valence-electron chi connectivity index (χ1n) is 6.63. The van der Waals surface area contributed by atoms with Gasteiger partial charge in [-0.1, -0.05) is 29.5 Å². The molecule has 1 N–H and O–H groups in total. The molecule has 0 saturated carbocycles. The molecule has 148 valence electrons. The molecule has 3 atom stereocenters. The van der Waals surface area contributed by atoms with Crippen molar-refractivity contribution >= 4 is 28.6 Å². The topological polar surface area (TPSA) is 55.8 Å². The first kappa shape index (κ1) is 22.6. The summed E-state index contributed by atoms with van der Waals surface area (Å²) in [6.07, 6.45) is -12.1. The van der Waals surface area contributed by atoms with Crippen LogP contribution in [0.4, 0.5) is 35.1 Å². The van der Waals surface area contributed by atoms with Crippen LogP contribution in [0, 0.1) is 5.41 Å². The number of carbonyl (C=O) groups is 1. The number of hydrogen-bond acceptors (Lipinski definition) is 4. The lowest BCUT2D eigenvalue weighted by molar-refractivity contribution is -0.418. The summed E-state index contributed by atoms with van der Waals surface area (Å²) in [7, 11) is 0. The lowest BCUT2D eigenvalue weighted by atomic mass is 9.80. The van der Waals surface area contributed by atoms with Crippen LogP contribution >= 0.6 is 22.6 Å². The molecule has 0 aromatic carbocycles. The Balaban J connectivity index is 3.30. The van der Waals surface area contributed by atoms with Gasteiger partial charge < -0.3 is 14.6 Å². The Labute approximate surface area is 150 Å². The molecule has 1 saturated heterocycles. The maximum atomic E-state index is 14.1. The van der Waals surface area contributed by atoms with Gasteiger partial charge in [-0.05, 0) is 13.3 Å². The molecule has 0 aromatic heterocycles. The number of ether oxygens (including phenoxy) is 2. The average Bonchev–Trinajstić information content (AvgIpc) is 2.64. The number of esters is 1. The summed E-state index contributed by atoms with van der Waals surface area (Å²) in [4.78, 5) is 11.7. The van der Waals surface area contributed by atoms with Gasteiger partial charge in [0.2, 0.25) is 0 Å². The highest BCUT2D eigenvalue weighted by molar-refractivity contribution is 14.1. The number of rotatable bonds is 4. The monoisotopic (exact) mass is 500 g/mol. The summed E-state index contributed by atoms with van der Waals surface area (Å²) in [5.74, 6) is -12.5. The molecule has 0 spiro atoms. The molecular formula is C12H13F8IO4. The number of hydrogen-bond donors (Lipinski definition) is 1. The van der Waals surface area contributed by atoms with E-state index in [0.29, 0.717) is 0 Å². The Bertz CT molecular complexity index is 532. The van der Waals surface area contributed by atoms with Crippen LogP contribution in [-0.2, 0) is 14.3 Å². The SMILES string of the molecule is CCC(C)(I)C(=O)OCC1(C(F)(F)F)COC(O)(C(F)(F)F)C1(F)F. The molecule has 1 aliphatic heterocycles. The number of carbonyl (C=O) groups excluding carboxylic acids is 1. The van der Waals surface area contributed by atoms with Gasteiger partial charge in [-0.15, -0.1) is 0 Å². The summed E-state index contributed by atoms with van der Waals surface area (Å²) < 4.78 is 112. The third-order valence-corrected chi connectivity index (χ3v) is 5.22. The van der Waals surface area contributed by atoms with Crippen LogP contribution in [-0.4, -0.2) is 51.8 Å². The van der Waals surface area contributed by atoms with E-state index in [4.69, 9.17) is 5.11 Å². The largest absolute Gasteiger partial charge is 0.463 e. The van der Waals surface area contributed by atoms with Gasteiger partial charge in [-0.3, -0.25) is 4.79 Å². The molecule has 1 heterocycles. The van der Waals surface area contributed by atoms with Gasteiger partial charge in [-0.25, -0.2) is 0 Å². The molecule has 0 bridgehead atoms. The highest BCUT2D eigenvalue weighted by Crippen LogP contribution is 2.62. The predicted molar refractivity (Wildman–Crippen MR) is 74.1 cm³/mol. The molecule has 1 aliphatic rings. The van der Waals surface area contributed by atoms with Gasteiger partial charge in [0.05, 0.1) is 6.61 Å². The normalized spacial score (nSPS) is 32.3. The molecule has 3 unspecified atom stereocenters. The fourth-order valence-electron chi connectivity index (χ4n) is 1.95. The zero-order chi connectivity index (χ0) is 20.1. The van der Waals surface area contributed by atoms with E-state index >= 15 is 0 Å². The molecule has 0 amide bonds. The summed E-state index contributed by atoms with van der Waals surface area (Å²) in [5, 5.41) is 9.09. The van der Waals surface area contributed by atoms with E-state index < -0.39 is 52.1 Å². The second-order valence-corrected chi connectivity index (χ2v) is 8.09. The zero-order valence-electron chi connectivity index (χ0n) is 12.7. The van der Waals surface area contributed by atoms with Gasteiger partial charge >= 0.3 is 30.0 Å². The summed E-state index contributed by atoms with van der Waals surface area (Å²) in [6, 6.07) is 0. The highest BCUT2D eigenvalue weighted by Gasteiger charge is 2.88. The molecule has 1 rings (SSSR count). The molecule has 0 radical (unpaired) electrons. The standard InChI is InChI=1S/C12H13F8IO4/c1-3-7(2,21)6(22)24-4-8(11(15,16)17)5-25-10(23,9(8,13)14)12(18,19)20/h23H,3-5H2,1-2H3. The zero-order valence-corrected chi connectivity index (χ0v) is 14.9. The molecule has 4 nitrogen and oxygen atoms in total. The maximum Gasteiger partial charge on any atom is 0.449 e. The first-order valence-corrected chi connectivity index (χ1v) is 7.71. The van der Waals surface area contributed by atoms with E-state index in [9.17, 15) is 39.9 Å². The smallest absolute Gasteiger partial charge is 0.449 e. The van der Waals surface area contributed by atoms with Crippen molar-refractivity contribution in [2.75, 3.05) is 13.2 Å². The van der Waals surface area contributed by atoms with Crippen molar-refractivity contribution < 1.29 is 54.5 Å². The van der Waals surface area contributed by atoms with Gasteiger partial charge in [-0.2, -0.15) is 35.1 Å². The van der Waals surface area contributed by atoms with E-state index in [1.54, 1.807) is 0 Å². The lowest BCUT2D eigenvalue weighted by Gasteiger charge is -2.39. The molecule has 0 aliphatic carbocycles. The van der Waals surface area contributed by atoms with Gasteiger partial charge in [0, 0.05) is 0 Å². The van der Waals surface area contributed by atoms with Crippen molar-refractivity contribution in [1.82, 2.24) is 0 Å². The molecule has 1 fully saturated rings. The van der Waals surface area contributed by atoms with E-state index in [1.165, 1.54) is 36.4 Å². The summed E-state index contributed by atoms with van der Waals surface area (Å²) in [6.45, 7) is -1.68. The number of halogens is 9. The quantitative estimate of drug-likeness (QED) is 0.278. The van der Waals surface area contributed by atoms with Crippen LogP contribution in [0.1, 0.15) is 20.3 Å². The van der Waals surface area contributed by atoms with Crippen molar-refractivity contribution in [1.29, 1.82) is 0 Å². The third kappa shape index (κ3) is 3.31. The van der Waals surface area contributed by atoms with E-state index in [1.807, 2.05) is 0 Å². The van der Waals surface area contributed by atoms with Gasteiger partial charge in [0.25, 0.3) is 0 Å². The Morgan fingerprint density at radius 2 is 1.68 bits per heavy atom.